The zero-order valence-electron chi connectivity index (χ0n) is 61.5. The second-order valence-electron chi connectivity index (χ2n) is 28.2. The number of carboxylic acid groups (broad SMARTS) is 1. The maximum atomic E-state index is 15.7. The van der Waals surface area contributed by atoms with Gasteiger partial charge in [-0.15, -0.1) is 46.7 Å². The molecule has 106 heavy (non-hydrogen) atoms. The Balaban J connectivity index is 0.000000400. The first-order chi connectivity index (χ1) is 49.3. The largest absolute Gasteiger partial charge is 0.481 e. The summed E-state index contributed by atoms with van der Waals surface area (Å²) in [5.41, 5.74) is 11.5. The molecule has 7 aromatic rings. The van der Waals surface area contributed by atoms with Crippen LogP contribution in [0.1, 0.15) is 91.4 Å². The number of alkyl halides is 2. The summed E-state index contributed by atoms with van der Waals surface area (Å²) in [6, 6.07) is 44.9. The minimum Gasteiger partial charge on any atom is -0.481 e. The number of nitrogens with one attached hydrogen (secondary N) is 2. The Morgan fingerprint density at radius 2 is 1.19 bits per heavy atom. The Bertz CT molecular complexity index is 4240. The molecule has 11 rings (SSSR count). The van der Waals surface area contributed by atoms with E-state index in [1.54, 1.807) is 79.8 Å². The second kappa shape index (κ2) is 40.2. The summed E-state index contributed by atoms with van der Waals surface area (Å²) in [5.74, 6) is 1.40. The number of nitrogens with two attached hydrogens (primary N) is 1. The second-order valence-corrected chi connectivity index (χ2v) is 35.2. The summed E-state index contributed by atoms with van der Waals surface area (Å²) < 4.78 is 84.3. The number of aromatic nitrogens is 1. The Hall–Kier alpha value is -5.82. The zero-order valence-corrected chi connectivity index (χ0v) is 70.0. The number of rotatable bonds is 27. The van der Waals surface area contributed by atoms with Crippen LogP contribution in [-0.4, -0.2) is 175 Å². The van der Waals surface area contributed by atoms with Crippen LogP contribution in [0.3, 0.4) is 0 Å². The van der Waals surface area contributed by atoms with Crippen LogP contribution in [-0.2, 0) is 64.8 Å². The van der Waals surface area contributed by atoms with E-state index in [4.69, 9.17) is 45.3 Å². The molecule has 18 nitrogen and oxygen atoms in total. The Labute approximate surface area is 666 Å². The van der Waals surface area contributed by atoms with E-state index in [2.05, 4.69) is 58.6 Å². The molecule has 4 aliphatic rings. The van der Waals surface area contributed by atoms with E-state index in [1.807, 2.05) is 106 Å². The van der Waals surface area contributed by atoms with E-state index in [-0.39, 0.29) is 79.2 Å². The number of methoxy groups -OCH3 is 2. The minimum atomic E-state index is -3.93. The molecule has 0 unspecified atom stereocenters. The fourth-order valence-corrected chi connectivity index (χ4v) is 17.9. The van der Waals surface area contributed by atoms with Gasteiger partial charge in [-0.1, -0.05) is 74.0 Å². The maximum Gasteiger partial charge on any atom is 0.314 e. The molecule has 0 spiro atoms. The smallest absolute Gasteiger partial charge is 0.314 e. The number of sulfone groups is 1. The summed E-state index contributed by atoms with van der Waals surface area (Å²) >= 11 is 19.9. The van der Waals surface area contributed by atoms with Crippen LogP contribution in [0.5, 0.6) is 0 Å². The maximum absolute atomic E-state index is 15.7. The molecule has 578 valence electrons. The summed E-state index contributed by atoms with van der Waals surface area (Å²) in [5, 5.41) is 13.8. The summed E-state index contributed by atoms with van der Waals surface area (Å²) in [4.78, 5) is 45.6. The molecule has 6 aromatic carbocycles. The molecule has 0 radical (unpaired) electrons. The van der Waals surface area contributed by atoms with Crippen LogP contribution in [0.4, 0.5) is 27.1 Å². The number of hydrogen-bond donors (Lipinski definition) is 4. The van der Waals surface area contributed by atoms with Gasteiger partial charge in [0, 0.05) is 176 Å². The van der Waals surface area contributed by atoms with Crippen LogP contribution >= 0.6 is 58.3 Å². The third-order valence-corrected chi connectivity index (χ3v) is 25.1. The summed E-state index contributed by atoms with van der Waals surface area (Å²) in [6.07, 6.45) is 6.10. The van der Waals surface area contributed by atoms with Gasteiger partial charge < -0.3 is 49.8 Å². The molecule has 4 fully saturated rings. The topological polar surface area (TPSA) is 226 Å². The number of ether oxygens (including phenoxy) is 2. The number of benzene rings is 6. The molecule has 4 heterocycles. The molecular formula is C79H104Cl3FN8O10S4W. The molecule has 0 bridgehead atoms. The van der Waals surface area contributed by atoms with E-state index >= 15 is 4.39 Å². The molecule has 3 aliphatic heterocycles. The van der Waals surface area contributed by atoms with Crippen LogP contribution in [0, 0.1) is 35.9 Å². The number of carbonyl (C=O) groups excluding carboxylic acids is 2. The number of aryl methyl sites for hydroxylation is 1. The van der Waals surface area contributed by atoms with Crippen LogP contribution in [0.25, 0.3) is 22.4 Å². The minimum absolute atomic E-state index is 0. The molecule has 1 aliphatic carbocycles. The van der Waals surface area contributed by atoms with Crippen molar-refractivity contribution in [3.63, 3.8) is 0 Å². The number of carbonyl (C=O) groups is 3. The first-order valence-electron chi connectivity index (χ1n) is 34.9. The first kappa shape index (κ1) is 89.1. The fourth-order valence-electron chi connectivity index (χ4n) is 13.5. The Morgan fingerprint density at radius 1 is 0.670 bits per heavy atom. The molecular weight excluding hydrogens is 1660 g/mol. The van der Waals surface area contributed by atoms with Crippen molar-refractivity contribution in [2.75, 3.05) is 129 Å². The number of aliphatic carboxylic acids is 1. The Kier molecular flexibility index (Phi) is 33.8. The van der Waals surface area contributed by atoms with Crippen LogP contribution < -0.4 is 25.6 Å². The monoisotopic (exact) mass is 1760 g/mol. The third kappa shape index (κ3) is 23.8. The molecule has 2 atom stereocenters. The van der Waals surface area contributed by atoms with Gasteiger partial charge in [-0.05, 0) is 194 Å². The van der Waals surface area contributed by atoms with Crippen molar-refractivity contribution < 1.29 is 71.3 Å². The number of thioether (sulfide) groups is 2. The predicted molar refractivity (Wildman–Crippen MR) is 431 cm³/mol. The average Bonchev–Trinajstić information content (AvgIpc) is 1.58. The number of piperazine rings is 1. The number of esters is 2. The van der Waals surface area contributed by atoms with Crippen LogP contribution in [0.2, 0.25) is 5.02 Å². The molecule has 3 saturated heterocycles. The van der Waals surface area contributed by atoms with Crippen molar-refractivity contribution >= 4 is 119 Å². The molecule has 5 N–H and O–H groups in total. The van der Waals surface area contributed by atoms with Gasteiger partial charge in [0.15, 0.2) is 9.84 Å². The number of halogens is 4. The van der Waals surface area contributed by atoms with Gasteiger partial charge in [0.1, 0.15) is 5.82 Å². The molecule has 27 heteroatoms. The van der Waals surface area contributed by atoms with Crippen molar-refractivity contribution in [2.45, 2.75) is 126 Å². The summed E-state index contributed by atoms with van der Waals surface area (Å²) in [7, 11) is -4.77. The average molecular weight is 1760 g/mol. The molecule has 1 aromatic heterocycles. The van der Waals surface area contributed by atoms with Gasteiger partial charge in [-0.25, -0.2) is 21.2 Å². The SMILES string of the molecule is C.COC(=O)C1(C)CCC1.COC(=O)C1(C)CN(CC[C@@H](N)CSc2ccccc2)C1.Cc1cc(S(=O)(=O)Nc2ccc(N3CCN(c4cc(F)cc(-c5c(S(C)(=O)=O)c(C)n(C(C)C)c5-c5ccc(Cl)cc5)c4)CC3)cc2)ccc1N[C@H](CCN1CC(C)(C(=O)O)C1)CSc1ccccc1.ClCCCl.[W]. The van der Waals surface area contributed by atoms with Crippen molar-refractivity contribution in [2.24, 2.45) is 22.0 Å². The number of carboxylic acids is 1. The number of anilines is 4. The fraction of sp³-hybridized carbons (Fsp3) is 0.456. The van der Waals surface area contributed by atoms with Crippen molar-refractivity contribution in [1.29, 1.82) is 0 Å². The number of hydrogen-bond acceptors (Lipinski definition) is 17. The van der Waals surface area contributed by atoms with Gasteiger partial charge in [0.2, 0.25) is 0 Å². The van der Waals surface area contributed by atoms with E-state index in [9.17, 15) is 36.3 Å². The third-order valence-electron chi connectivity index (χ3n) is 19.3. The van der Waals surface area contributed by atoms with E-state index < -0.39 is 37.1 Å². The Morgan fingerprint density at radius 3 is 1.67 bits per heavy atom. The van der Waals surface area contributed by atoms with Crippen molar-refractivity contribution in [3.05, 3.63) is 168 Å². The quantitative estimate of drug-likeness (QED) is 0.0213. The number of sulfonamides is 1. The number of nitrogens with zero attached hydrogens (tertiary/aromatic N) is 5. The van der Waals surface area contributed by atoms with E-state index in [1.165, 1.54) is 43.9 Å². The molecule has 1 saturated carbocycles. The summed E-state index contributed by atoms with van der Waals surface area (Å²) in [6.45, 7) is 20.0. The van der Waals surface area contributed by atoms with Gasteiger partial charge in [0.25, 0.3) is 10.0 Å². The van der Waals surface area contributed by atoms with Gasteiger partial charge in [-0.3, -0.25) is 19.1 Å². The van der Waals surface area contributed by atoms with Gasteiger partial charge >= 0.3 is 17.9 Å². The van der Waals surface area contributed by atoms with Crippen molar-refractivity contribution in [3.8, 4) is 22.4 Å². The van der Waals surface area contributed by atoms with Gasteiger partial charge in [0.05, 0.1) is 45.9 Å². The normalized spacial score (nSPS) is 16.3. The predicted octanol–water partition coefficient (Wildman–Crippen LogP) is 16.2. The van der Waals surface area contributed by atoms with E-state index in [0.717, 1.165) is 90.8 Å². The van der Waals surface area contributed by atoms with Crippen LogP contribution in [0.15, 0.2) is 165 Å². The van der Waals surface area contributed by atoms with Gasteiger partial charge in [-0.2, -0.15) is 0 Å². The number of likely N-dealkylation sites (tertiary alicyclic amines) is 2. The van der Waals surface area contributed by atoms with E-state index in [0.29, 0.717) is 89.9 Å². The molecule has 0 amide bonds. The standard InChI is InChI=1S/C53H60ClFN6O6S3.C16H24N2O2S.C7H12O2.C2H4Cl2.CH4.W/c1-35(2)61-37(4)51(69(6,64)65)49(50(61)38-12-14-40(54)15-13-38)39-29-41(55)31-45(30-39)60-26-24-59(25-27-60)44-18-16-42(17-19-44)57-70(66,67)47-20-21-48(36(3)28-47)56-43(32-68-46-10-8-7-9-11-46)22-23-58-33-53(5,34-58)52(62)63;1-16(15(19)20-2)11-18(12-16)9-8-13(17)10-21-14-6-4-3-5-7-14;1-7(4-3-5-7)6(8)9-2;3-1-2-4;;/h7-21,28-31,35,43,56-57H,22-27,32-34H2,1-6H3,(H,62,63);3-7,13H,8-12,17H2,1-2H3;3-5H2,1-2H3;1-2H2;1H4;/t43-;13-;;;;/m11..../s1. The zero-order chi connectivity index (χ0) is 75.7. The van der Waals surface area contributed by atoms with Crippen molar-refractivity contribution in [1.82, 2.24) is 14.4 Å². The first-order valence-corrected chi connectivity index (χ1v) is 41.7.